The van der Waals surface area contributed by atoms with Crippen LogP contribution in [0.1, 0.15) is 18.2 Å². The van der Waals surface area contributed by atoms with Gasteiger partial charge in [-0.1, -0.05) is 0 Å². The highest BCUT2D eigenvalue weighted by molar-refractivity contribution is 5.99. The summed E-state index contributed by atoms with van der Waals surface area (Å²) in [5.74, 6) is 1.28. The van der Waals surface area contributed by atoms with E-state index in [1.54, 1.807) is 6.07 Å². The van der Waals surface area contributed by atoms with Crippen LogP contribution in [-0.2, 0) is 0 Å². The Morgan fingerprint density at radius 2 is 2.10 bits per heavy atom. The molecule has 20 heavy (non-hydrogen) atoms. The van der Waals surface area contributed by atoms with E-state index >= 15 is 0 Å². The van der Waals surface area contributed by atoms with Crippen LogP contribution < -0.4 is 15.4 Å². The summed E-state index contributed by atoms with van der Waals surface area (Å²) in [7, 11) is 0. The molecule has 106 valence electrons. The number of ether oxygens (including phenoxy) is 1. The predicted molar refractivity (Wildman–Crippen MR) is 78.3 cm³/mol. The standard InChI is InChI=1S/C14H18N4O2/c1-4-20-11-5-6-12(9(2)7-11)15-14(19)16-13-8-10(3)17-18-13/h5-8H,4H2,1-3H3,(H3,15,16,17,18,19). The third kappa shape index (κ3) is 3.50. The van der Waals surface area contributed by atoms with Crippen LogP contribution in [0.4, 0.5) is 16.3 Å². The van der Waals surface area contributed by atoms with Crippen LogP contribution in [0.5, 0.6) is 5.75 Å². The van der Waals surface area contributed by atoms with Crippen molar-refractivity contribution in [2.75, 3.05) is 17.2 Å². The molecule has 0 unspecified atom stereocenters. The van der Waals surface area contributed by atoms with Crippen LogP contribution in [0.15, 0.2) is 24.3 Å². The minimum atomic E-state index is -0.330. The number of rotatable bonds is 4. The summed E-state index contributed by atoms with van der Waals surface area (Å²) in [5.41, 5.74) is 2.56. The number of carbonyl (C=O) groups excluding carboxylic acids is 1. The third-order valence-electron chi connectivity index (χ3n) is 2.70. The van der Waals surface area contributed by atoms with E-state index in [4.69, 9.17) is 4.74 Å². The number of aryl methyl sites for hydroxylation is 2. The lowest BCUT2D eigenvalue weighted by Crippen LogP contribution is -2.20. The van der Waals surface area contributed by atoms with Crippen LogP contribution in [0.3, 0.4) is 0 Å². The Morgan fingerprint density at radius 1 is 1.30 bits per heavy atom. The normalized spacial score (nSPS) is 10.2. The van der Waals surface area contributed by atoms with E-state index in [9.17, 15) is 4.79 Å². The molecule has 1 aromatic heterocycles. The lowest BCUT2D eigenvalue weighted by atomic mass is 10.2. The zero-order chi connectivity index (χ0) is 14.5. The van der Waals surface area contributed by atoms with Crippen LogP contribution in [0.2, 0.25) is 0 Å². The summed E-state index contributed by atoms with van der Waals surface area (Å²) in [4.78, 5) is 11.8. The molecule has 0 aliphatic carbocycles. The Hall–Kier alpha value is -2.50. The van der Waals surface area contributed by atoms with Crippen LogP contribution in [-0.4, -0.2) is 22.8 Å². The fourth-order valence-corrected chi connectivity index (χ4v) is 1.78. The number of nitrogens with zero attached hydrogens (tertiary/aromatic N) is 1. The molecule has 0 bridgehead atoms. The lowest BCUT2D eigenvalue weighted by Gasteiger charge is -2.10. The molecule has 6 heteroatoms. The number of hydrogen-bond acceptors (Lipinski definition) is 3. The smallest absolute Gasteiger partial charge is 0.324 e. The van der Waals surface area contributed by atoms with Crippen LogP contribution in [0.25, 0.3) is 0 Å². The second-order valence-electron chi connectivity index (χ2n) is 4.43. The van der Waals surface area contributed by atoms with Crippen molar-refractivity contribution in [1.82, 2.24) is 10.2 Å². The van der Waals surface area contributed by atoms with Gasteiger partial charge in [-0.05, 0) is 44.5 Å². The summed E-state index contributed by atoms with van der Waals surface area (Å²) < 4.78 is 5.40. The van der Waals surface area contributed by atoms with Gasteiger partial charge in [0.2, 0.25) is 0 Å². The third-order valence-corrected chi connectivity index (χ3v) is 2.70. The molecule has 0 atom stereocenters. The molecule has 0 saturated carbocycles. The van der Waals surface area contributed by atoms with Crippen molar-refractivity contribution in [3.05, 3.63) is 35.5 Å². The molecule has 2 aromatic rings. The first-order valence-corrected chi connectivity index (χ1v) is 6.42. The number of aromatic nitrogens is 2. The topological polar surface area (TPSA) is 79.0 Å². The molecule has 0 aliphatic heterocycles. The number of hydrogen-bond donors (Lipinski definition) is 3. The lowest BCUT2D eigenvalue weighted by molar-refractivity contribution is 0.262. The number of carbonyl (C=O) groups is 1. The van der Waals surface area contributed by atoms with Gasteiger partial charge in [-0.15, -0.1) is 0 Å². The Kier molecular flexibility index (Phi) is 4.24. The predicted octanol–water partition coefficient (Wildman–Crippen LogP) is 3.07. The number of amides is 2. The largest absolute Gasteiger partial charge is 0.494 e. The van der Waals surface area contributed by atoms with Crippen molar-refractivity contribution in [2.24, 2.45) is 0 Å². The quantitative estimate of drug-likeness (QED) is 0.801. The van der Waals surface area contributed by atoms with E-state index in [1.165, 1.54) is 0 Å². The van der Waals surface area contributed by atoms with Gasteiger partial charge >= 0.3 is 6.03 Å². The monoisotopic (exact) mass is 274 g/mol. The molecule has 1 heterocycles. The van der Waals surface area contributed by atoms with E-state index in [-0.39, 0.29) is 6.03 Å². The first-order valence-electron chi connectivity index (χ1n) is 6.42. The average Bonchev–Trinajstić information content (AvgIpc) is 2.78. The molecule has 3 N–H and O–H groups in total. The van der Waals surface area contributed by atoms with Crippen molar-refractivity contribution in [2.45, 2.75) is 20.8 Å². The van der Waals surface area contributed by atoms with Crippen molar-refractivity contribution < 1.29 is 9.53 Å². The van der Waals surface area contributed by atoms with Crippen molar-refractivity contribution in [3.63, 3.8) is 0 Å². The van der Waals surface area contributed by atoms with Gasteiger partial charge in [0.05, 0.1) is 6.61 Å². The fourth-order valence-electron chi connectivity index (χ4n) is 1.78. The molecule has 0 aliphatic rings. The molecule has 0 fully saturated rings. The van der Waals surface area contributed by atoms with Gasteiger partial charge in [-0.3, -0.25) is 10.4 Å². The van der Waals surface area contributed by atoms with E-state index in [0.29, 0.717) is 12.4 Å². The Morgan fingerprint density at radius 3 is 2.70 bits per heavy atom. The highest BCUT2D eigenvalue weighted by atomic mass is 16.5. The maximum Gasteiger partial charge on any atom is 0.324 e. The molecule has 2 amide bonds. The summed E-state index contributed by atoms with van der Waals surface area (Å²) in [6, 6.07) is 6.95. The van der Waals surface area contributed by atoms with E-state index in [0.717, 1.165) is 22.7 Å². The molecule has 0 spiro atoms. The van der Waals surface area contributed by atoms with E-state index in [1.807, 2.05) is 39.0 Å². The molecule has 0 saturated heterocycles. The number of benzene rings is 1. The van der Waals surface area contributed by atoms with Gasteiger partial charge in [0.15, 0.2) is 5.82 Å². The maximum absolute atomic E-state index is 11.8. The van der Waals surface area contributed by atoms with Gasteiger partial charge in [-0.2, -0.15) is 5.10 Å². The van der Waals surface area contributed by atoms with Gasteiger partial charge in [0.25, 0.3) is 0 Å². The van der Waals surface area contributed by atoms with Crippen molar-refractivity contribution in [1.29, 1.82) is 0 Å². The van der Waals surface area contributed by atoms with Gasteiger partial charge < -0.3 is 10.1 Å². The summed E-state index contributed by atoms with van der Waals surface area (Å²) in [5, 5.41) is 12.1. The first-order chi connectivity index (χ1) is 9.58. The minimum absolute atomic E-state index is 0.330. The molecule has 2 rings (SSSR count). The van der Waals surface area contributed by atoms with E-state index in [2.05, 4.69) is 20.8 Å². The second-order valence-corrected chi connectivity index (χ2v) is 4.43. The molecular weight excluding hydrogens is 256 g/mol. The summed E-state index contributed by atoms with van der Waals surface area (Å²) >= 11 is 0. The number of anilines is 2. The Bertz CT molecular complexity index is 607. The minimum Gasteiger partial charge on any atom is -0.494 e. The Labute approximate surface area is 117 Å². The van der Waals surface area contributed by atoms with Gasteiger partial charge in [0.1, 0.15) is 5.75 Å². The molecule has 1 aromatic carbocycles. The Balaban J connectivity index is 2.00. The SMILES string of the molecule is CCOc1ccc(NC(=O)Nc2cc(C)[nH]n2)c(C)c1. The highest BCUT2D eigenvalue weighted by Crippen LogP contribution is 2.21. The zero-order valence-electron chi connectivity index (χ0n) is 11.8. The number of aromatic amines is 1. The average molecular weight is 274 g/mol. The fraction of sp³-hybridized carbons (Fsp3) is 0.286. The summed E-state index contributed by atoms with van der Waals surface area (Å²) in [6.45, 7) is 6.33. The maximum atomic E-state index is 11.8. The molecule has 0 radical (unpaired) electrons. The molecule has 6 nitrogen and oxygen atoms in total. The van der Waals surface area contributed by atoms with Crippen LogP contribution >= 0.6 is 0 Å². The number of nitrogens with one attached hydrogen (secondary N) is 3. The van der Waals surface area contributed by atoms with Crippen molar-refractivity contribution >= 4 is 17.5 Å². The first kappa shape index (κ1) is 13.9. The highest BCUT2D eigenvalue weighted by Gasteiger charge is 2.07. The van der Waals surface area contributed by atoms with Gasteiger partial charge in [-0.25, -0.2) is 4.79 Å². The zero-order valence-corrected chi connectivity index (χ0v) is 11.8. The second kappa shape index (κ2) is 6.10. The van der Waals surface area contributed by atoms with E-state index < -0.39 is 0 Å². The van der Waals surface area contributed by atoms with Crippen LogP contribution in [0, 0.1) is 13.8 Å². The summed E-state index contributed by atoms with van der Waals surface area (Å²) in [6.07, 6.45) is 0. The number of urea groups is 1. The van der Waals surface area contributed by atoms with Gasteiger partial charge in [0, 0.05) is 17.4 Å². The van der Waals surface area contributed by atoms with Crippen molar-refractivity contribution in [3.8, 4) is 5.75 Å². The molecular formula is C14H18N4O2. The number of H-pyrrole nitrogens is 1.